The number of hydrogen-bond acceptors (Lipinski definition) is 4. The fourth-order valence-corrected chi connectivity index (χ4v) is 3.73. The van der Waals surface area contributed by atoms with Crippen LogP contribution in [0.25, 0.3) is 0 Å². The van der Waals surface area contributed by atoms with Crippen molar-refractivity contribution in [3.8, 4) is 5.75 Å². The second-order valence-electron chi connectivity index (χ2n) is 7.76. The van der Waals surface area contributed by atoms with E-state index in [0.717, 1.165) is 11.4 Å². The number of anilines is 3. The molecular weight excluding hydrogens is 402 g/mol. The van der Waals surface area contributed by atoms with E-state index in [0.29, 0.717) is 24.6 Å². The Labute approximate surface area is 188 Å². The van der Waals surface area contributed by atoms with E-state index in [4.69, 9.17) is 4.74 Å². The molecule has 6 heteroatoms. The highest BCUT2D eigenvalue weighted by atomic mass is 16.5. The highest BCUT2D eigenvalue weighted by molar-refractivity contribution is 5.99. The first-order chi connectivity index (χ1) is 15.6. The Morgan fingerprint density at radius 2 is 1.59 bits per heavy atom. The summed E-state index contributed by atoms with van der Waals surface area (Å²) in [6.07, 6.45) is 0.276. The maximum Gasteiger partial charge on any atom is 0.227 e. The molecule has 0 saturated heterocycles. The highest BCUT2D eigenvalue weighted by Gasteiger charge is 2.23. The monoisotopic (exact) mass is 429 g/mol. The first-order valence-electron chi connectivity index (χ1n) is 10.8. The van der Waals surface area contributed by atoms with Gasteiger partial charge < -0.3 is 20.3 Å². The molecule has 0 radical (unpaired) electrons. The highest BCUT2D eigenvalue weighted by Crippen LogP contribution is 2.31. The lowest BCUT2D eigenvalue weighted by molar-refractivity contribution is -0.122. The molecule has 3 aromatic rings. The standard InChI is InChI=1S/C26H27N3O3/c1-19(20-7-3-2-4-8-20)27-21-11-13-22(14-12-21)28-25(30)15-16-26(31)29-17-18-32-24-10-6-5-9-23(24)29/h2-14,19,27H,15-18H2,1H3,(H,28,30). The maximum atomic E-state index is 12.7. The minimum Gasteiger partial charge on any atom is -0.490 e. The van der Waals surface area contributed by atoms with Gasteiger partial charge in [0.15, 0.2) is 0 Å². The van der Waals surface area contributed by atoms with Crippen molar-refractivity contribution in [2.24, 2.45) is 0 Å². The average Bonchev–Trinajstić information content (AvgIpc) is 2.84. The summed E-state index contributed by atoms with van der Waals surface area (Å²) < 4.78 is 5.59. The van der Waals surface area contributed by atoms with E-state index < -0.39 is 0 Å². The summed E-state index contributed by atoms with van der Waals surface area (Å²) in [5.74, 6) is 0.440. The van der Waals surface area contributed by atoms with E-state index in [-0.39, 0.29) is 30.7 Å². The lowest BCUT2D eigenvalue weighted by Gasteiger charge is -2.29. The van der Waals surface area contributed by atoms with Crippen molar-refractivity contribution in [2.45, 2.75) is 25.8 Å². The third-order valence-corrected chi connectivity index (χ3v) is 5.45. The van der Waals surface area contributed by atoms with Crippen LogP contribution in [0.3, 0.4) is 0 Å². The molecule has 1 atom stereocenters. The molecule has 0 aliphatic carbocycles. The van der Waals surface area contributed by atoms with Crippen LogP contribution in [-0.2, 0) is 9.59 Å². The lowest BCUT2D eigenvalue weighted by Crippen LogP contribution is -2.38. The molecule has 0 spiro atoms. The smallest absolute Gasteiger partial charge is 0.227 e. The molecule has 164 valence electrons. The SMILES string of the molecule is CC(Nc1ccc(NC(=O)CCC(=O)N2CCOc3ccccc32)cc1)c1ccccc1. The van der Waals surface area contributed by atoms with Gasteiger partial charge in [0.05, 0.1) is 12.2 Å². The third-order valence-electron chi connectivity index (χ3n) is 5.45. The number of fused-ring (bicyclic) bond motifs is 1. The van der Waals surface area contributed by atoms with Gasteiger partial charge in [-0.1, -0.05) is 42.5 Å². The zero-order valence-corrected chi connectivity index (χ0v) is 18.1. The van der Waals surface area contributed by atoms with Crippen LogP contribution >= 0.6 is 0 Å². The van der Waals surface area contributed by atoms with Crippen LogP contribution < -0.4 is 20.3 Å². The van der Waals surface area contributed by atoms with Crippen molar-refractivity contribution >= 4 is 28.9 Å². The first kappa shape index (κ1) is 21.4. The number of hydrogen-bond donors (Lipinski definition) is 2. The number of ether oxygens (including phenoxy) is 1. The lowest BCUT2D eigenvalue weighted by atomic mass is 10.1. The molecule has 0 bridgehead atoms. The zero-order valence-electron chi connectivity index (χ0n) is 18.1. The van der Waals surface area contributed by atoms with Crippen LogP contribution in [0.15, 0.2) is 78.9 Å². The second-order valence-corrected chi connectivity index (χ2v) is 7.76. The molecule has 4 rings (SSSR count). The quantitative estimate of drug-likeness (QED) is 0.554. The van der Waals surface area contributed by atoms with Gasteiger partial charge in [0.1, 0.15) is 12.4 Å². The van der Waals surface area contributed by atoms with Gasteiger partial charge >= 0.3 is 0 Å². The molecular formula is C26H27N3O3. The van der Waals surface area contributed by atoms with Gasteiger partial charge in [-0.05, 0) is 48.9 Å². The van der Waals surface area contributed by atoms with Crippen molar-refractivity contribution in [3.63, 3.8) is 0 Å². The number of nitrogens with one attached hydrogen (secondary N) is 2. The van der Waals surface area contributed by atoms with E-state index >= 15 is 0 Å². The van der Waals surface area contributed by atoms with Gasteiger partial charge in [-0.2, -0.15) is 0 Å². The third kappa shape index (κ3) is 5.27. The normalized spacial score (nSPS) is 13.5. The Balaban J connectivity index is 1.27. The summed E-state index contributed by atoms with van der Waals surface area (Å²) in [6, 6.07) is 25.4. The van der Waals surface area contributed by atoms with Crippen molar-refractivity contribution in [3.05, 3.63) is 84.4 Å². The molecule has 1 aliphatic rings. The van der Waals surface area contributed by atoms with Crippen molar-refractivity contribution in [1.29, 1.82) is 0 Å². The minimum atomic E-state index is -0.182. The maximum absolute atomic E-state index is 12.7. The van der Waals surface area contributed by atoms with Crippen molar-refractivity contribution < 1.29 is 14.3 Å². The molecule has 0 saturated carbocycles. The molecule has 1 aliphatic heterocycles. The molecule has 3 aromatic carbocycles. The zero-order chi connectivity index (χ0) is 22.3. The summed E-state index contributed by atoms with van der Waals surface area (Å²) in [5, 5.41) is 6.32. The van der Waals surface area contributed by atoms with E-state index in [1.54, 1.807) is 4.90 Å². The minimum absolute atomic E-state index is 0.0784. The predicted octanol–water partition coefficient (Wildman–Crippen LogP) is 5.00. The number of para-hydroxylation sites is 2. The number of amides is 2. The summed E-state index contributed by atoms with van der Waals surface area (Å²) in [5.41, 5.74) is 3.65. The van der Waals surface area contributed by atoms with Crippen LogP contribution in [0.5, 0.6) is 5.75 Å². The topological polar surface area (TPSA) is 70.7 Å². The predicted molar refractivity (Wildman–Crippen MR) is 127 cm³/mol. The van der Waals surface area contributed by atoms with E-state index in [9.17, 15) is 9.59 Å². The van der Waals surface area contributed by atoms with Crippen LogP contribution in [0.2, 0.25) is 0 Å². The Kier molecular flexibility index (Phi) is 6.70. The number of nitrogens with zero attached hydrogens (tertiary/aromatic N) is 1. The number of carbonyl (C=O) groups is 2. The van der Waals surface area contributed by atoms with Gasteiger partial charge in [0.2, 0.25) is 11.8 Å². The van der Waals surface area contributed by atoms with Crippen molar-refractivity contribution in [2.75, 3.05) is 28.7 Å². The molecule has 1 heterocycles. The van der Waals surface area contributed by atoms with Crippen LogP contribution in [0.1, 0.15) is 31.4 Å². The Morgan fingerprint density at radius 1 is 0.906 bits per heavy atom. The molecule has 0 fully saturated rings. The Bertz CT molecular complexity index is 1070. The molecule has 6 nitrogen and oxygen atoms in total. The Morgan fingerprint density at radius 3 is 2.38 bits per heavy atom. The summed E-state index contributed by atoms with van der Waals surface area (Å²) in [4.78, 5) is 26.7. The van der Waals surface area contributed by atoms with Gasteiger partial charge in [-0.3, -0.25) is 9.59 Å². The second kappa shape index (κ2) is 10.0. The summed E-state index contributed by atoms with van der Waals surface area (Å²) in [7, 11) is 0. The van der Waals surface area contributed by atoms with E-state index in [1.807, 2.05) is 66.7 Å². The van der Waals surface area contributed by atoms with E-state index in [1.165, 1.54) is 5.56 Å². The van der Waals surface area contributed by atoms with Crippen molar-refractivity contribution in [1.82, 2.24) is 0 Å². The Hall–Kier alpha value is -3.80. The first-order valence-corrected chi connectivity index (χ1v) is 10.8. The average molecular weight is 430 g/mol. The number of benzene rings is 3. The molecule has 0 aromatic heterocycles. The van der Waals surface area contributed by atoms with E-state index in [2.05, 4.69) is 29.7 Å². The van der Waals surface area contributed by atoms with Crippen LogP contribution in [-0.4, -0.2) is 25.0 Å². The van der Waals surface area contributed by atoms with Gasteiger partial charge in [0, 0.05) is 30.3 Å². The fraction of sp³-hybridized carbons (Fsp3) is 0.231. The molecule has 32 heavy (non-hydrogen) atoms. The molecule has 1 unspecified atom stereocenters. The fourth-order valence-electron chi connectivity index (χ4n) is 3.73. The van der Waals surface area contributed by atoms with Gasteiger partial charge in [0.25, 0.3) is 0 Å². The summed E-state index contributed by atoms with van der Waals surface area (Å²) >= 11 is 0. The molecule has 2 amide bonds. The van der Waals surface area contributed by atoms with Gasteiger partial charge in [-0.15, -0.1) is 0 Å². The van der Waals surface area contributed by atoms with Crippen LogP contribution in [0, 0.1) is 0 Å². The van der Waals surface area contributed by atoms with Gasteiger partial charge in [-0.25, -0.2) is 0 Å². The molecule has 2 N–H and O–H groups in total. The summed E-state index contributed by atoms with van der Waals surface area (Å²) in [6.45, 7) is 3.06. The number of rotatable bonds is 7. The largest absolute Gasteiger partial charge is 0.490 e. The number of carbonyl (C=O) groups excluding carboxylic acids is 2. The van der Waals surface area contributed by atoms with Crippen LogP contribution in [0.4, 0.5) is 17.1 Å².